The molecule has 2 aliphatic rings. The summed E-state index contributed by atoms with van der Waals surface area (Å²) < 4.78 is 18.2. The minimum atomic E-state index is -0.286. The number of hydrogen-bond acceptors (Lipinski definition) is 3. The Balaban J connectivity index is 1.51. The normalized spacial score (nSPS) is 21.8. The van der Waals surface area contributed by atoms with E-state index >= 15 is 0 Å². The molecule has 2 amide bonds. The Morgan fingerprint density at radius 2 is 2.04 bits per heavy atom. The number of rotatable bonds is 4. The molecule has 124 valence electrons. The highest BCUT2D eigenvalue weighted by atomic mass is 19.1. The van der Waals surface area contributed by atoms with Gasteiger partial charge < -0.3 is 14.5 Å². The zero-order valence-electron chi connectivity index (χ0n) is 13.0. The monoisotopic (exact) mass is 320 g/mol. The van der Waals surface area contributed by atoms with Crippen molar-refractivity contribution < 1.29 is 18.7 Å². The van der Waals surface area contributed by atoms with Crippen LogP contribution in [0.3, 0.4) is 0 Å². The summed E-state index contributed by atoms with van der Waals surface area (Å²) in [6.45, 7) is 3.03. The highest BCUT2D eigenvalue weighted by molar-refractivity contribution is 5.86. The van der Waals surface area contributed by atoms with Crippen LogP contribution in [-0.4, -0.2) is 54.5 Å². The number of halogens is 1. The first-order chi connectivity index (χ1) is 11.1. The van der Waals surface area contributed by atoms with Crippen LogP contribution in [0.5, 0.6) is 0 Å². The molecule has 0 bridgehead atoms. The summed E-state index contributed by atoms with van der Waals surface area (Å²) >= 11 is 0. The second-order valence-corrected chi connectivity index (χ2v) is 6.19. The summed E-state index contributed by atoms with van der Waals surface area (Å²) in [5.74, 6) is -0.0203. The Morgan fingerprint density at radius 1 is 1.26 bits per heavy atom. The quantitative estimate of drug-likeness (QED) is 0.843. The fraction of sp³-hybridized carbons (Fsp3) is 0.529. The van der Waals surface area contributed by atoms with Crippen molar-refractivity contribution in [1.29, 1.82) is 0 Å². The molecule has 0 saturated carbocycles. The van der Waals surface area contributed by atoms with Crippen molar-refractivity contribution in [3.05, 3.63) is 35.6 Å². The van der Waals surface area contributed by atoms with E-state index in [0.717, 1.165) is 18.6 Å². The summed E-state index contributed by atoms with van der Waals surface area (Å²) in [5, 5.41) is 0. The smallest absolute Gasteiger partial charge is 0.242 e. The molecule has 0 unspecified atom stereocenters. The molecule has 6 heteroatoms. The summed E-state index contributed by atoms with van der Waals surface area (Å²) in [7, 11) is 0. The molecule has 1 aromatic rings. The number of carbonyl (C=O) groups is 2. The molecule has 5 nitrogen and oxygen atoms in total. The van der Waals surface area contributed by atoms with Gasteiger partial charge in [-0.15, -0.1) is 0 Å². The molecule has 1 atom stereocenters. The molecule has 0 radical (unpaired) electrons. The number of nitrogens with zero attached hydrogens (tertiary/aromatic N) is 2. The van der Waals surface area contributed by atoms with Gasteiger partial charge >= 0.3 is 0 Å². The standard InChI is InChI=1S/C17H21FN2O3/c18-15-3-1-13(2-4-15)10-19-6-7-20(11-17(19)22)16(21)9-14-5-8-23-12-14/h1-4,14H,5-12H2/t14-/m1/s1. The van der Waals surface area contributed by atoms with E-state index in [2.05, 4.69) is 0 Å². The zero-order valence-corrected chi connectivity index (χ0v) is 13.0. The summed E-state index contributed by atoms with van der Waals surface area (Å²) in [5.41, 5.74) is 0.891. The van der Waals surface area contributed by atoms with Crippen LogP contribution in [0.4, 0.5) is 4.39 Å². The first-order valence-corrected chi connectivity index (χ1v) is 7.99. The molecule has 2 fully saturated rings. The molecule has 0 spiro atoms. The number of hydrogen-bond donors (Lipinski definition) is 0. The van der Waals surface area contributed by atoms with Crippen molar-refractivity contribution in [2.75, 3.05) is 32.8 Å². The topological polar surface area (TPSA) is 49.9 Å². The Hall–Kier alpha value is -1.95. The van der Waals surface area contributed by atoms with Crippen LogP contribution in [0.2, 0.25) is 0 Å². The SMILES string of the molecule is O=C(C[C@H]1CCOC1)N1CCN(Cc2ccc(F)cc2)C(=O)C1. The largest absolute Gasteiger partial charge is 0.381 e. The highest BCUT2D eigenvalue weighted by Gasteiger charge is 2.29. The first kappa shape index (κ1) is 15.9. The molecule has 23 heavy (non-hydrogen) atoms. The third-order valence-corrected chi connectivity index (χ3v) is 4.45. The predicted molar refractivity (Wildman–Crippen MR) is 81.9 cm³/mol. The van der Waals surface area contributed by atoms with E-state index < -0.39 is 0 Å². The lowest BCUT2D eigenvalue weighted by Gasteiger charge is -2.34. The van der Waals surface area contributed by atoms with E-state index in [9.17, 15) is 14.0 Å². The maximum Gasteiger partial charge on any atom is 0.242 e. The molecule has 2 aliphatic heterocycles. The number of carbonyl (C=O) groups excluding carboxylic acids is 2. The molecular formula is C17H21FN2O3. The van der Waals surface area contributed by atoms with Crippen LogP contribution in [0.1, 0.15) is 18.4 Å². The second-order valence-electron chi connectivity index (χ2n) is 6.19. The van der Waals surface area contributed by atoms with Gasteiger partial charge in [-0.1, -0.05) is 12.1 Å². The average Bonchev–Trinajstić information content (AvgIpc) is 3.04. The summed E-state index contributed by atoms with van der Waals surface area (Å²) in [6, 6.07) is 6.15. The Morgan fingerprint density at radius 3 is 2.70 bits per heavy atom. The third-order valence-electron chi connectivity index (χ3n) is 4.45. The van der Waals surface area contributed by atoms with Gasteiger partial charge in [-0.2, -0.15) is 0 Å². The Bertz CT molecular complexity index is 570. The molecule has 0 aliphatic carbocycles. The van der Waals surface area contributed by atoms with Gasteiger partial charge in [0.2, 0.25) is 11.8 Å². The molecular weight excluding hydrogens is 299 g/mol. The first-order valence-electron chi connectivity index (χ1n) is 7.99. The molecule has 2 heterocycles. The van der Waals surface area contributed by atoms with Crippen molar-refractivity contribution in [1.82, 2.24) is 9.80 Å². The second kappa shape index (κ2) is 7.08. The van der Waals surface area contributed by atoms with Gasteiger partial charge in [-0.25, -0.2) is 4.39 Å². The minimum absolute atomic E-state index is 0.0373. The number of amides is 2. The average molecular weight is 320 g/mol. The van der Waals surface area contributed by atoms with E-state index in [0.29, 0.717) is 32.7 Å². The van der Waals surface area contributed by atoms with Crippen LogP contribution >= 0.6 is 0 Å². The van der Waals surface area contributed by atoms with Crippen LogP contribution in [0.25, 0.3) is 0 Å². The van der Waals surface area contributed by atoms with Gasteiger partial charge in [0.1, 0.15) is 5.82 Å². The predicted octanol–water partition coefficient (Wildman–Crippen LogP) is 1.42. The number of piperazine rings is 1. The zero-order chi connectivity index (χ0) is 16.2. The van der Waals surface area contributed by atoms with Crippen molar-refractivity contribution >= 4 is 11.8 Å². The van der Waals surface area contributed by atoms with Crippen LogP contribution in [-0.2, 0) is 20.9 Å². The lowest BCUT2D eigenvalue weighted by atomic mass is 10.0. The van der Waals surface area contributed by atoms with E-state index in [1.54, 1.807) is 21.9 Å². The third kappa shape index (κ3) is 4.07. The van der Waals surface area contributed by atoms with E-state index in [1.165, 1.54) is 12.1 Å². The molecule has 3 rings (SSSR count). The number of benzene rings is 1. The van der Waals surface area contributed by atoms with Gasteiger partial charge in [0.25, 0.3) is 0 Å². The van der Waals surface area contributed by atoms with E-state index in [4.69, 9.17) is 4.74 Å². The van der Waals surface area contributed by atoms with Gasteiger partial charge in [0, 0.05) is 39.3 Å². The maximum atomic E-state index is 12.9. The van der Waals surface area contributed by atoms with Crippen LogP contribution in [0, 0.1) is 11.7 Å². The summed E-state index contributed by atoms with van der Waals surface area (Å²) in [6.07, 6.45) is 1.38. The van der Waals surface area contributed by atoms with Gasteiger partial charge in [0.05, 0.1) is 6.54 Å². The molecule has 0 aromatic heterocycles. The molecule has 1 aromatic carbocycles. The Labute approximate surface area is 135 Å². The van der Waals surface area contributed by atoms with Crippen molar-refractivity contribution in [2.45, 2.75) is 19.4 Å². The lowest BCUT2D eigenvalue weighted by molar-refractivity contribution is -0.146. The van der Waals surface area contributed by atoms with Crippen molar-refractivity contribution in [3.8, 4) is 0 Å². The molecule has 0 N–H and O–H groups in total. The highest BCUT2D eigenvalue weighted by Crippen LogP contribution is 2.18. The van der Waals surface area contributed by atoms with Crippen molar-refractivity contribution in [2.24, 2.45) is 5.92 Å². The summed E-state index contributed by atoms with van der Waals surface area (Å²) in [4.78, 5) is 27.9. The van der Waals surface area contributed by atoms with Gasteiger partial charge in [-0.05, 0) is 30.0 Å². The van der Waals surface area contributed by atoms with E-state index in [-0.39, 0.29) is 30.1 Å². The van der Waals surface area contributed by atoms with Crippen LogP contribution in [0.15, 0.2) is 24.3 Å². The van der Waals surface area contributed by atoms with Gasteiger partial charge in [-0.3, -0.25) is 9.59 Å². The fourth-order valence-electron chi connectivity index (χ4n) is 3.02. The van der Waals surface area contributed by atoms with Crippen LogP contribution < -0.4 is 0 Å². The van der Waals surface area contributed by atoms with Gasteiger partial charge in [0.15, 0.2) is 0 Å². The minimum Gasteiger partial charge on any atom is -0.381 e. The van der Waals surface area contributed by atoms with E-state index in [1.807, 2.05) is 0 Å². The fourth-order valence-corrected chi connectivity index (χ4v) is 3.02. The van der Waals surface area contributed by atoms with Crippen molar-refractivity contribution in [3.63, 3.8) is 0 Å². The lowest BCUT2D eigenvalue weighted by Crippen LogP contribution is -2.52. The number of ether oxygens (including phenoxy) is 1. The Kier molecular flexibility index (Phi) is 4.91. The molecule has 2 saturated heterocycles. The maximum absolute atomic E-state index is 12.9.